The predicted molar refractivity (Wildman–Crippen MR) is 68.0 cm³/mol. The number of thioether (sulfide) groups is 1. The molecule has 3 nitrogen and oxygen atoms in total. The summed E-state index contributed by atoms with van der Waals surface area (Å²) in [6.45, 7) is 1.84. The summed E-state index contributed by atoms with van der Waals surface area (Å²) in [4.78, 5) is 11.3. The third kappa shape index (κ3) is 4.34. The Bertz CT molecular complexity index is 463. The maximum Gasteiger partial charge on any atom is 0.416 e. The Labute approximate surface area is 113 Å². The molecule has 0 heterocycles. The number of nitrogen functional groups attached to an aromatic ring is 1. The first kappa shape index (κ1) is 15.7. The lowest BCUT2D eigenvalue weighted by molar-refractivity contribution is -0.138. The lowest BCUT2D eigenvalue weighted by Gasteiger charge is -2.14. The van der Waals surface area contributed by atoms with Crippen LogP contribution < -0.4 is 5.73 Å². The second-order valence-corrected chi connectivity index (χ2v) is 5.23. The van der Waals surface area contributed by atoms with Crippen LogP contribution in [-0.2, 0) is 11.0 Å². The summed E-state index contributed by atoms with van der Waals surface area (Å²) < 4.78 is 37.4. The zero-order valence-electron chi connectivity index (χ0n) is 10.2. The van der Waals surface area contributed by atoms with E-state index in [1.165, 1.54) is 6.07 Å². The average molecular weight is 293 g/mol. The van der Waals surface area contributed by atoms with Gasteiger partial charge in [-0.1, -0.05) is 13.3 Å². The van der Waals surface area contributed by atoms with Crippen molar-refractivity contribution in [1.82, 2.24) is 0 Å². The molecule has 0 aliphatic carbocycles. The van der Waals surface area contributed by atoms with Crippen molar-refractivity contribution in [2.75, 3.05) is 5.73 Å². The van der Waals surface area contributed by atoms with E-state index in [-0.39, 0.29) is 5.69 Å². The first-order chi connectivity index (χ1) is 8.75. The van der Waals surface area contributed by atoms with Crippen LogP contribution in [0.25, 0.3) is 0 Å². The van der Waals surface area contributed by atoms with E-state index in [0.717, 1.165) is 23.9 Å². The van der Waals surface area contributed by atoms with Gasteiger partial charge in [0.05, 0.1) is 5.56 Å². The molecule has 0 saturated carbocycles. The van der Waals surface area contributed by atoms with Crippen LogP contribution in [0, 0.1) is 0 Å². The van der Waals surface area contributed by atoms with Gasteiger partial charge in [-0.05, 0) is 24.6 Å². The van der Waals surface area contributed by atoms with Crippen LogP contribution in [-0.4, -0.2) is 16.3 Å². The average Bonchev–Trinajstić information content (AvgIpc) is 2.29. The Balaban J connectivity index is 2.93. The molecule has 106 valence electrons. The highest BCUT2D eigenvalue weighted by atomic mass is 32.2. The minimum absolute atomic E-state index is 0.0535. The van der Waals surface area contributed by atoms with Crippen molar-refractivity contribution in [1.29, 1.82) is 0 Å². The molecule has 1 aromatic rings. The standard InChI is InChI=1S/C12H14F3NO2S/c1-2-3-10(11(17)18)19-9-5-4-7(6-8(9)16)12(13,14)15/h4-6,10H,2-3,16H2,1H3,(H,17,18). The van der Waals surface area contributed by atoms with Gasteiger partial charge in [0, 0.05) is 10.6 Å². The van der Waals surface area contributed by atoms with Crippen molar-refractivity contribution in [3.05, 3.63) is 23.8 Å². The minimum atomic E-state index is -4.45. The highest BCUT2D eigenvalue weighted by Crippen LogP contribution is 2.36. The van der Waals surface area contributed by atoms with Gasteiger partial charge in [0.1, 0.15) is 5.25 Å². The SMILES string of the molecule is CCCC(Sc1ccc(C(F)(F)F)cc1N)C(=O)O. The number of hydrogen-bond donors (Lipinski definition) is 2. The number of carboxylic acid groups (broad SMARTS) is 1. The summed E-state index contributed by atoms with van der Waals surface area (Å²) >= 11 is 0.975. The second kappa shape index (κ2) is 6.18. The fraction of sp³-hybridized carbons (Fsp3) is 0.417. The molecule has 1 aromatic carbocycles. The third-order valence-corrected chi connectivity index (χ3v) is 3.78. The number of carbonyl (C=O) groups is 1. The summed E-state index contributed by atoms with van der Waals surface area (Å²) in [6.07, 6.45) is -3.35. The van der Waals surface area contributed by atoms with Crippen LogP contribution in [0.4, 0.5) is 18.9 Å². The normalized spacial score (nSPS) is 13.3. The lowest BCUT2D eigenvalue weighted by atomic mass is 10.2. The molecule has 0 saturated heterocycles. The summed E-state index contributed by atoms with van der Waals surface area (Å²) in [5.74, 6) is -0.994. The topological polar surface area (TPSA) is 63.3 Å². The van der Waals surface area contributed by atoms with Gasteiger partial charge in [0.25, 0.3) is 0 Å². The van der Waals surface area contributed by atoms with Crippen LogP contribution in [0.15, 0.2) is 23.1 Å². The molecule has 3 N–H and O–H groups in total. The minimum Gasteiger partial charge on any atom is -0.480 e. The van der Waals surface area contributed by atoms with Crippen molar-refractivity contribution < 1.29 is 23.1 Å². The number of halogens is 3. The molecule has 1 atom stereocenters. The van der Waals surface area contributed by atoms with E-state index in [9.17, 15) is 18.0 Å². The number of anilines is 1. The van der Waals surface area contributed by atoms with E-state index in [1.54, 1.807) is 0 Å². The van der Waals surface area contributed by atoms with Crippen molar-refractivity contribution in [3.63, 3.8) is 0 Å². The zero-order chi connectivity index (χ0) is 14.6. The highest BCUT2D eigenvalue weighted by Gasteiger charge is 2.31. The number of carboxylic acids is 1. The molecule has 0 aliphatic rings. The van der Waals surface area contributed by atoms with E-state index >= 15 is 0 Å². The summed E-state index contributed by atoms with van der Waals surface area (Å²) in [7, 11) is 0. The maximum atomic E-state index is 12.5. The van der Waals surface area contributed by atoms with E-state index in [4.69, 9.17) is 10.8 Å². The number of hydrogen-bond acceptors (Lipinski definition) is 3. The van der Waals surface area contributed by atoms with Gasteiger partial charge in [-0.3, -0.25) is 4.79 Å². The summed E-state index contributed by atoms with van der Waals surface area (Å²) in [6, 6.07) is 2.95. The molecule has 7 heteroatoms. The van der Waals surface area contributed by atoms with E-state index < -0.39 is 23.0 Å². The van der Waals surface area contributed by atoms with Crippen LogP contribution in [0.1, 0.15) is 25.3 Å². The van der Waals surface area contributed by atoms with E-state index in [2.05, 4.69) is 0 Å². The summed E-state index contributed by atoms with van der Waals surface area (Å²) in [5.41, 5.74) is 4.66. The number of nitrogens with two attached hydrogens (primary N) is 1. The molecule has 1 rings (SSSR count). The molecule has 0 radical (unpaired) electrons. The second-order valence-electron chi connectivity index (χ2n) is 3.98. The monoisotopic (exact) mass is 293 g/mol. The van der Waals surface area contributed by atoms with Gasteiger partial charge < -0.3 is 10.8 Å². The van der Waals surface area contributed by atoms with Crippen molar-refractivity contribution in [2.24, 2.45) is 0 Å². The number of aliphatic carboxylic acids is 1. The van der Waals surface area contributed by atoms with Crippen LogP contribution in [0.3, 0.4) is 0 Å². The molecule has 0 aliphatic heterocycles. The smallest absolute Gasteiger partial charge is 0.416 e. The van der Waals surface area contributed by atoms with Crippen molar-refractivity contribution in [3.8, 4) is 0 Å². The Hall–Kier alpha value is -1.37. The predicted octanol–water partition coefficient (Wildman–Crippen LogP) is 3.63. The number of alkyl halides is 3. The molecule has 0 bridgehead atoms. The first-order valence-corrected chi connectivity index (χ1v) is 6.49. The molecule has 0 fully saturated rings. The Morgan fingerprint density at radius 3 is 2.53 bits per heavy atom. The van der Waals surface area contributed by atoms with Crippen LogP contribution >= 0.6 is 11.8 Å². The summed E-state index contributed by atoms with van der Waals surface area (Å²) in [5, 5.41) is 8.29. The molecule has 0 aromatic heterocycles. The van der Waals surface area contributed by atoms with Gasteiger partial charge in [0.2, 0.25) is 0 Å². The molecular formula is C12H14F3NO2S. The van der Waals surface area contributed by atoms with Gasteiger partial charge >= 0.3 is 12.1 Å². The third-order valence-electron chi connectivity index (χ3n) is 2.43. The highest BCUT2D eigenvalue weighted by molar-refractivity contribution is 8.00. The lowest BCUT2D eigenvalue weighted by Crippen LogP contribution is -2.16. The van der Waals surface area contributed by atoms with Crippen molar-refractivity contribution in [2.45, 2.75) is 36.1 Å². The van der Waals surface area contributed by atoms with Gasteiger partial charge in [-0.2, -0.15) is 13.2 Å². The first-order valence-electron chi connectivity index (χ1n) is 5.62. The fourth-order valence-electron chi connectivity index (χ4n) is 1.48. The van der Waals surface area contributed by atoms with Crippen molar-refractivity contribution >= 4 is 23.4 Å². The van der Waals surface area contributed by atoms with Gasteiger partial charge in [-0.25, -0.2) is 0 Å². The van der Waals surface area contributed by atoms with Gasteiger partial charge in [0.15, 0.2) is 0 Å². The number of benzene rings is 1. The van der Waals surface area contributed by atoms with Gasteiger partial charge in [-0.15, -0.1) is 11.8 Å². The van der Waals surface area contributed by atoms with E-state index in [0.29, 0.717) is 17.7 Å². The quantitative estimate of drug-likeness (QED) is 0.642. The Morgan fingerprint density at radius 2 is 2.11 bits per heavy atom. The van der Waals surface area contributed by atoms with Crippen LogP contribution in [0.5, 0.6) is 0 Å². The van der Waals surface area contributed by atoms with Crippen LogP contribution in [0.2, 0.25) is 0 Å². The molecule has 19 heavy (non-hydrogen) atoms. The molecular weight excluding hydrogens is 279 g/mol. The molecule has 1 unspecified atom stereocenters. The Kier molecular flexibility index (Phi) is 5.11. The zero-order valence-corrected chi connectivity index (χ0v) is 11.0. The largest absolute Gasteiger partial charge is 0.480 e. The maximum absolute atomic E-state index is 12.5. The Morgan fingerprint density at radius 1 is 1.47 bits per heavy atom. The molecule has 0 spiro atoms. The fourth-order valence-corrected chi connectivity index (χ4v) is 2.58. The van der Waals surface area contributed by atoms with E-state index in [1.807, 2.05) is 6.92 Å². The molecule has 0 amide bonds. The number of rotatable bonds is 5.